The van der Waals surface area contributed by atoms with E-state index in [0.717, 1.165) is 68.3 Å². The molecule has 4 aliphatic heterocycles. The molecule has 0 amide bonds. The molecular weight excluding hydrogens is 402 g/mol. The van der Waals surface area contributed by atoms with Crippen LogP contribution in [0, 0.1) is 6.92 Å². The number of nitrogens with one attached hydrogen (secondary N) is 2. The number of nitrogens with zero attached hydrogens (tertiary/aromatic N) is 3. The number of anilines is 3. The van der Waals surface area contributed by atoms with Gasteiger partial charge < -0.3 is 25.0 Å². The van der Waals surface area contributed by atoms with E-state index in [1.807, 2.05) is 6.20 Å². The lowest BCUT2D eigenvalue weighted by Crippen LogP contribution is -2.58. The van der Waals surface area contributed by atoms with E-state index in [1.54, 1.807) is 0 Å². The molecule has 7 nitrogen and oxygen atoms in total. The highest BCUT2D eigenvalue weighted by molar-refractivity contribution is 5.74. The first-order chi connectivity index (χ1) is 15.8. The van der Waals surface area contributed by atoms with E-state index in [0.29, 0.717) is 12.5 Å². The largest absolute Gasteiger partial charge is 0.486 e. The maximum absolute atomic E-state index is 6.37. The number of benzene rings is 1. The van der Waals surface area contributed by atoms with Gasteiger partial charge in [0.25, 0.3) is 0 Å². The van der Waals surface area contributed by atoms with Crippen LogP contribution in [0.15, 0.2) is 24.4 Å². The zero-order chi connectivity index (χ0) is 21.5. The number of piperidine rings is 1. The van der Waals surface area contributed by atoms with E-state index >= 15 is 0 Å². The van der Waals surface area contributed by atoms with Gasteiger partial charge >= 0.3 is 0 Å². The zero-order valence-corrected chi connectivity index (χ0v) is 18.9. The Hall–Kier alpha value is -2.35. The van der Waals surface area contributed by atoms with Crippen LogP contribution >= 0.6 is 0 Å². The van der Waals surface area contributed by atoms with Crippen molar-refractivity contribution in [3.05, 3.63) is 41.1 Å². The second-order valence-corrected chi connectivity index (χ2v) is 9.51. The van der Waals surface area contributed by atoms with E-state index in [9.17, 15) is 0 Å². The molecule has 2 aromatic rings. The fourth-order valence-corrected chi connectivity index (χ4v) is 5.56. The zero-order valence-electron chi connectivity index (χ0n) is 18.9. The Bertz CT molecular complexity index is 979. The standard InChI is InChI=1S/C25H33N5O2/c1-17-12-19(18-3-6-29(7-4-18)20-14-26-15-20)13-22-24(17)32-16-21-23(2-5-27-25(21)28-22)30-8-10-31-11-9-30/h2,5,12-13,18,20,26H,3-4,6-11,14-16H2,1H3,(H,27,28). The predicted octanol–water partition coefficient (Wildman–Crippen LogP) is 3.01. The summed E-state index contributed by atoms with van der Waals surface area (Å²) in [5.74, 6) is 2.48. The summed E-state index contributed by atoms with van der Waals surface area (Å²) in [6.45, 7) is 10.8. The fraction of sp³-hybridized carbons (Fsp3) is 0.560. The van der Waals surface area contributed by atoms with Crippen molar-refractivity contribution in [2.45, 2.75) is 38.3 Å². The Kier molecular flexibility index (Phi) is 5.41. The van der Waals surface area contributed by atoms with Crippen molar-refractivity contribution in [1.29, 1.82) is 0 Å². The van der Waals surface area contributed by atoms with Crippen LogP contribution in [-0.2, 0) is 11.3 Å². The topological polar surface area (TPSA) is 61.9 Å². The number of aryl methyl sites for hydroxylation is 1. The summed E-state index contributed by atoms with van der Waals surface area (Å²) in [4.78, 5) is 9.74. The summed E-state index contributed by atoms with van der Waals surface area (Å²) < 4.78 is 11.9. The van der Waals surface area contributed by atoms with Gasteiger partial charge in [0.15, 0.2) is 0 Å². The number of morpholine rings is 1. The number of pyridine rings is 1. The highest BCUT2D eigenvalue weighted by Gasteiger charge is 2.30. The van der Waals surface area contributed by atoms with E-state index in [2.05, 4.69) is 50.5 Å². The highest BCUT2D eigenvalue weighted by Crippen LogP contribution is 2.42. The lowest BCUT2D eigenvalue weighted by atomic mass is 9.87. The van der Waals surface area contributed by atoms with Crippen molar-refractivity contribution in [2.24, 2.45) is 0 Å². The van der Waals surface area contributed by atoms with Crippen LogP contribution in [0.3, 0.4) is 0 Å². The molecule has 3 fully saturated rings. The Morgan fingerprint density at radius 2 is 1.88 bits per heavy atom. The third kappa shape index (κ3) is 3.72. The molecule has 7 heteroatoms. The summed E-state index contributed by atoms with van der Waals surface area (Å²) in [5, 5.41) is 7.04. The molecule has 2 N–H and O–H groups in total. The molecule has 6 rings (SSSR count). The molecule has 0 radical (unpaired) electrons. The third-order valence-electron chi connectivity index (χ3n) is 7.57. The van der Waals surface area contributed by atoms with Gasteiger partial charge in [-0.15, -0.1) is 0 Å². The van der Waals surface area contributed by atoms with Gasteiger partial charge in [-0.05, 0) is 62.0 Å². The average Bonchev–Trinajstić information content (AvgIpc) is 2.98. The monoisotopic (exact) mass is 435 g/mol. The van der Waals surface area contributed by atoms with Gasteiger partial charge in [0.1, 0.15) is 18.2 Å². The van der Waals surface area contributed by atoms with Crippen LogP contribution in [0.2, 0.25) is 0 Å². The maximum Gasteiger partial charge on any atom is 0.146 e. The van der Waals surface area contributed by atoms with Crippen LogP contribution in [0.4, 0.5) is 17.2 Å². The number of hydrogen-bond donors (Lipinski definition) is 2. The third-order valence-corrected chi connectivity index (χ3v) is 7.57. The van der Waals surface area contributed by atoms with Gasteiger partial charge in [0, 0.05) is 44.1 Å². The van der Waals surface area contributed by atoms with Crippen molar-refractivity contribution in [2.75, 3.05) is 62.7 Å². The molecule has 0 spiro atoms. The summed E-state index contributed by atoms with van der Waals surface area (Å²) in [6.07, 6.45) is 4.36. The normalized spacial score (nSPS) is 22.2. The first-order valence-electron chi connectivity index (χ1n) is 12.1. The number of aromatic nitrogens is 1. The molecule has 0 atom stereocenters. The molecule has 1 aromatic heterocycles. The fourth-order valence-electron chi connectivity index (χ4n) is 5.56. The molecule has 0 bridgehead atoms. The minimum absolute atomic E-state index is 0.532. The molecule has 5 heterocycles. The van der Waals surface area contributed by atoms with Gasteiger partial charge in [-0.3, -0.25) is 4.90 Å². The van der Waals surface area contributed by atoms with Crippen molar-refractivity contribution in [1.82, 2.24) is 15.2 Å². The Labute approximate surface area is 190 Å². The molecule has 1 aromatic carbocycles. The minimum atomic E-state index is 0.532. The number of likely N-dealkylation sites (tertiary alicyclic amines) is 1. The van der Waals surface area contributed by atoms with E-state index < -0.39 is 0 Å². The van der Waals surface area contributed by atoms with Gasteiger partial charge in [-0.1, -0.05) is 6.07 Å². The van der Waals surface area contributed by atoms with Crippen LogP contribution in [0.1, 0.15) is 35.4 Å². The lowest BCUT2D eigenvalue weighted by molar-refractivity contribution is 0.113. The van der Waals surface area contributed by atoms with Crippen LogP contribution in [0.5, 0.6) is 5.75 Å². The number of fused-ring (bicyclic) bond motifs is 2. The molecule has 0 unspecified atom stereocenters. The number of rotatable bonds is 3. The van der Waals surface area contributed by atoms with Crippen molar-refractivity contribution in [3.63, 3.8) is 0 Å². The second-order valence-electron chi connectivity index (χ2n) is 9.51. The van der Waals surface area contributed by atoms with Crippen molar-refractivity contribution < 1.29 is 9.47 Å². The van der Waals surface area contributed by atoms with Crippen molar-refractivity contribution in [3.8, 4) is 5.75 Å². The number of hydrogen-bond acceptors (Lipinski definition) is 7. The molecule has 170 valence electrons. The molecular formula is C25H33N5O2. The van der Waals surface area contributed by atoms with Crippen molar-refractivity contribution >= 4 is 17.2 Å². The number of ether oxygens (including phenoxy) is 2. The van der Waals surface area contributed by atoms with Crippen LogP contribution in [-0.4, -0.2) is 68.4 Å². The van der Waals surface area contributed by atoms with E-state index in [1.165, 1.54) is 42.7 Å². The highest BCUT2D eigenvalue weighted by atomic mass is 16.5. The summed E-state index contributed by atoms with van der Waals surface area (Å²) in [7, 11) is 0. The summed E-state index contributed by atoms with van der Waals surface area (Å²) >= 11 is 0. The second kappa shape index (κ2) is 8.54. The summed E-state index contributed by atoms with van der Waals surface area (Å²) in [5.41, 5.74) is 6.02. The van der Waals surface area contributed by atoms with Gasteiger partial charge in [0.05, 0.1) is 24.5 Å². The predicted molar refractivity (Wildman–Crippen MR) is 126 cm³/mol. The molecule has 0 saturated carbocycles. The first-order valence-corrected chi connectivity index (χ1v) is 12.1. The van der Waals surface area contributed by atoms with Crippen LogP contribution < -0.4 is 20.3 Å². The van der Waals surface area contributed by atoms with Gasteiger partial charge in [-0.2, -0.15) is 0 Å². The SMILES string of the molecule is Cc1cc(C2CCN(C3CNC3)CC2)cc2c1OCc1c(N3CCOCC3)ccnc1N2. The average molecular weight is 436 g/mol. The Morgan fingerprint density at radius 3 is 2.62 bits per heavy atom. The van der Waals surface area contributed by atoms with Gasteiger partial charge in [-0.25, -0.2) is 4.98 Å². The molecule has 3 saturated heterocycles. The Balaban J connectivity index is 1.25. The smallest absolute Gasteiger partial charge is 0.146 e. The Morgan fingerprint density at radius 1 is 1.06 bits per heavy atom. The van der Waals surface area contributed by atoms with E-state index in [-0.39, 0.29) is 0 Å². The molecule has 0 aliphatic carbocycles. The molecule has 4 aliphatic rings. The first kappa shape index (κ1) is 20.3. The molecule has 32 heavy (non-hydrogen) atoms. The summed E-state index contributed by atoms with van der Waals surface area (Å²) in [6, 6.07) is 7.52. The van der Waals surface area contributed by atoms with E-state index in [4.69, 9.17) is 9.47 Å². The minimum Gasteiger partial charge on any atom is -0.486 e. The maximum atomic E-state index is 6.37. The quantitative estimate of drug-likeness (QED) is 0.769. The lowest BCUT2D eigenvalue weighted by Gasteiger charge is -2.42. The van der Waals surface area contributed by atoms with Crippen LogP contribution in [0.25, 0.3) is 0 Å². The van der Waals surface area contributed by atoms with Gasteiger partial charge in [0.2, 0.25) is 0 Å².